The highest BCUT2D eigenvalue weighted by molar-refractivity contribution is 5.67. The second-order valence-corrected chi connectivity index (χ2v) is 9.73. The molecule has 0 aliphatic heterocycles. The Labute approximate surface area is 242 Å². The highest BCUT2D eigenvalue weighted by Crippen LogP contribution is 2.17. The molecule has 216 valence electrons. The van der Waals surface area contributed by atoms with E-state index in [2.05, 4.69) is 127 Å². The van der Waals surface area contributed by atoms with Crippen LogP contribution in [0.5, 0.6) is 0 Å². The zero-order valence-corrected chi connectivity index (χ0v) is 26.5. The summed E-state index contributed by atoms with van der Waals surface area (Å²) < 4.78 is 0. The third-order valence-corrected chi connectivity index (χ3v) is 5.51. The van der Waals surface area contributed by atoms with Crippen molar-refractivity contribution in [2.24, 2.45) is 0 Å². The third kappa shape index (κ3) is 23.6. The Morgan fingerprint density at radius 1 is 0.795 bits per heavy atom. The van der Waals surface area contributed by atoms with Gasteiger partial charge in [0.15, 0.2) is 0 Å². The second kappa shape index (κ2) is 26.4. The first-order valence-electron chi connectivity index (χ1n) is 14.6. The van der Waals surface area contributed by atoms with E-state index in [0.717, 1.165) is 17.1 Å². The van der Waals surface area contributed by atoms with Crippen molar-refractivity contribution in [1.82, 2.24) is 0 Å². The molecule has 0 heterocycles. The van der Waals surface area contributed by atoms with Gasteiger partial charge in [-0.2, -0.15) is 0 Å². The second-order valence-electron chi connectivity index (χ2n) is 9.73. The Hall–Kier alpha value is -3.26. The molecule has 0 unspecified atom stereocenters. The zero-order chi connectivity index (χ0) is 29.9. The monoisotopic (exact) mass is 530 g/mol. The van der Waals surface area contributed by atoms with E-state index in [4.69, 9.17) is 0 Å². The number of anilines is 2. The van der Waals surface area contributed by atoms with Crippen LogP contribution in [0.1, 0.15) is 97.6 Å². The van der Waals surface area contributed by atoms with E-state index in [1.165, 1.54) is 67.2 Å². The zero-order valence-electron chi connectivity index (χ0n) is 26.5. The molecule has 0 amide bonds. The first-order valence-corrected chi connectivity index (χ1v) is 14.6. The van der Waals surface area contributed by atoms with Crippen molar-refractivity contribution in [2.75, 3.05) is 17.7 Å². The molecule has 0 radical (unpaired) electrons. The molecule has 2 aromatic rings. The van der Waals surface area contributed by atoms with Gasteiger partial charge in [-0.1, -0.05) is 120 Å². The summed E-state index contributed by atoms with van der Waals surface area (Å²) in [7, 11) is 1.92. The fourth-order valence-electron chi connectivity index (χ4n) is 3.27. The van der Waals surface area contributed by atoms with Crippen LogP contribution in [0.25, 0.3) is 5.57 Å². The summed E-state index contributed by atoms with van der Waals surface area (Å²) in [6.45, 7) is 25.9. The lowest BCUT2D eigenvalue weighted by atomic mass is 10.1. The van der Waals surface area contributed by atoms with Crippen molar-refractivity contribution >= 4 is 16.9 Å². The van der Waals surface area contributed by atoms with Gasteiger partial charge in [0.05, 0.1) is 0 Å². The van der Waals surface area contributed by atoms with E-state index in [-0.39, 0.29) is 0 Å². The Morgan fingerprint density at radius 3 is 1.72 bits per heavy atom. The number of hydrogen-bond acceptors (Lipinski definition) is 2. The van der Waals surface area contributed by atoms with Crippen LogP contribution in [0.4, 0.5) is 11.4 Å². The van der Waals surface area contributed by atoms with Crippen molar-refractivity contribution in [3.63, 3.8) is 0 Å². The van der Waals surface area contributed by atoms with Gasteiger partial charge in [0.2, 0.25) is 0 Å². The van der Waals surface area contributed by atoms with Crippen LogP contribution in [-0.2, 0) is 0 Å². The molecule has 0 aliphatic rings. The molecule has 0 aliphatic carbocycles. The largest absolute Gasteiger partial charge is 0.388 e. The molecule has 0 atom stereocenters. The molecule has 0 bridgehead atoms. The maximum Gasteiger partial charge on any atom is 0.0384 e. The average Bonchev–Trinajstić information content (AvgIpc) is 2.91. The molecular weight excluding hydrogens is 472 g/mol. The van der Waals surface area contributed by atoms with Gasteiger partial charge >= 0.3 is 0 Å². The summed E-state index contributed by atoms with van der Waals surface area (Å²) in [5.74, 6) is 0. The molecule has 0 fully saturated rings. The number of aryl methyl sites for hydroxylation is 1. The van der Waals surface area contributed by atoms with Crippen molar-refractivity contribution in [3.05, 3.63) is 115 Å². The fourth-order valence-corrected chi connectivity index (χ4v) is 3.27. The summed E-state index contributed by atoms with van der Waals surface area (Å²) in [6.07, 6.45) is 17.3. The molecule has 39 heavy (non-hydrogen) atoms. The van der Waals surface area contributed by atoms with Gasteiger partial charge in [0.25, 0.3) is 0 Å². The number of unbranched alkanes of at least 4 members (excludes halogenated alkanes) is 4. The van der Waals surface area contributed by atoms with Gasteiger partial charge in [0.1, 0.15) is 0 Å². The van der Waals surface area contributed by atoms with Crippen LogP contribution in [-0.4, -0.2) is 7.05 Å². The minimum absolute atomic E-state index is 0.864. The molecule has 0 saturated carbocycles. The van der Waals surface area contributed by atoms with Crippen molar-refractivity contribution in [3.8, 4) is 0 Å². The molecule has 2 rings (SSSR count). The fraction of sp³-hybridized carbons (Fsp3) is 0.405. The third-order valence-electron chi connectivity index (χ3n) is 5.51. The Morgan fingerprint density at radius 2 is 1.31 bits per heavy atom. The van der Waals surface area contributed by atoms with Crippen molar-refractivity contribution < 1.29 is 0 Å². The Bertz CT molecular complexity index is 940. The lowest BCUT2D eigenvalue weighted by molar-refractivity contribution is 0.656. The van der Waals surface area contributed by atoms with E-state index >= 15 is 0 Å². The summed E-state index contributed by atoms with van der Waals surface area (Å²) in [5, 5.41) is 6.40. The van der Waals surface area contributed by atoms with Gasteiger partial charge in [0, 0.05) is 24.1 Å². The topological polar surface area (TPSA) is 24.1 Å². The number of nitrogens with one attached hydrogen (secondary N) is 2. The highest BCUT2D eigenvalue weighted by atomic mass is 14.9. The molecule has 0 saturated heterocycles. The lowest BCUT2D eigenvalue weighted by Crippen LogP contribution is -1.94. The Kier molecular flexibility index (Phi) is 25.6. The van der Waals surface area contributed by atoms with E-state index < -0.39 is 0 Å². The van der Waals surface area contributed by atoms with Crippen LogP contribution in [0.3, 0.4) is 0 Å². The van der Waals surface area contributed by atoms with Gasteiger partial charge in [-0.15, -0.1) is 13.2 Å². The SMILES string of the molecule is C=C(/C=C\C=C(/C)c1ccc(NC)cc1)Nc1ccc(C)cc1.C=C(C)CCC.C=CC.CCCCCCC. The summed E-state index contributed by atoms with van der Waals surface area (Å²) in [6, 6.07) is 16.7. The van der Waals surface area contributed by atoms with Crippen LogP contribution in [0.15, 0.2) is 104 Å². The summed E-state index contributed by atoms with van der Waals surface area (Å²) in [5.41, 5.74) is 8.00. The molecule has 2 aromatic carbocycles. The highest BCUT2D eigenvalue weighted by Gasteiger charge is 1.95. The summed E-state index contributed by atoms with van der Waals surface area (Å²) in [4.78, 5) is 0. The summed E-state index contributed by atoms with van der Waals surface area (Å²) >= 11 is 0. The Balaban J connectivity index is 0. The predicted molar refractivity (Wildman–Crippen MR) is 183 cm³/mol. The number of hydrogen-bond donors (Lipinski definition) is 2. The lowest BCUT2D eigenvalue weighted by Gasteiger charge is -2.06. The van der Waals surface area contributed by atoms with Gasteiger partial charge < -0.3 is 10.6 Å². The minimum atomic E-state index is 0.864. The molecule has 2 nitrogen and oxygen atoms in total. The van der Waals surface area contributed by atoms with Crippen LogP contribution < -0.4 is 10.6 Å². The van der Waals surface area contributed by atoms with Crippen molar-refractivity contribution in [1.29, 1.82) is 0 Å². The molecular formula is C37H58N2. The van der Waals surface area contributed by atoms with Gasteiger partial charge in [-0.3, -0.25) is 0 Å². The maximum atomic E-state index is 4.03. The standard InChI is InChI=1S/C21H24N2.C7H16.C6H12.C3H6/c1-16-8-12-21(13-9-16)23-18(3)7-5-6-17(2)19-10-14-20(22-4)15-11-19;1-3-5-7-6-4-2;1-4-5-6(2)3;1-3-2/h5-15,22-23H,3H2,1-2,4H3;3-7H2,1-2H3;2,4-5H2,1,3H3;3H,1H2,2H3/b7-5-,17-6+;;;. The van der Waals surface area contributed by atoms with Gasteiger partial charge in [-0.05, 0) is 75.6 Å². The molecule has 2 heteroatoms. The van der Waals surface area contributed by atoms with Crippen LogP contribution in [0, 0.1) is 6.92 Å². The van der Waals surface area contributed by atoms with E-state index in [1.807, 2.05) is 26.1 Å². The number of allylic oxidation sites excluding steroid dienone is 6. The first-order chi connectivity index (χ1) is 18.7. The molecule has 0 spiro atoms. The van der Waals surface area contributed by atoms with Gasteiger partial charge in [-0.25, -0.2) is 0 Å². The van der Waals surface area contributed by atoms with E-state index in [0.29, 0.717) is 0 Å². The molecule has 0 aromatic heterocycles. The maximum absolute atomic E-state index is 4.03. The normalized spacial score (nSPS) is 10.1. The van der Waals surface area contributed by atoms with E-state index in [9.17, 15) is 0 Å². The molecule has 2 N–H and O–H groups in total. The van der Waals surface area contributed by atoms with E-state index in [1.54, 1.807) is 6.08 Å². The van der Waals surface area contributed by atoms with Crippen LogP contribution in [0.2, 0.25) is 0 Å². The number of benzene rings is 2. The van der Waals surface area contributed by atoms with Crippen molar-refractivity contribution in [2.45, 2.75) is 93.4 Å². The quantitative estimate of drug-likeness (QED) is 0.162. The number of rotatable bonds is 12. The average molecular weight is 531 g/mol. The minimum Gasteiger partial charge on any atom is -0.388 e. The first kappa shape index (κ1) is 37.9. The van der Waals surface area contributed by atoms with Crippen LogP contribution >= 0.6 is 0 Å². The predicted octanol–water partition coefficient (Wildman–Crippen LogP) is 12.2. The smallest absolute Gasteiger partial charge is 0.0384 e.